The second-order valence-corrected chi connectivity index (χ2v) is 3.88. The maximum Gasteiger partial charge on any atom is 0.298 e. The Morgan fingerprint density at radius 1 is 1.40 bits per heavy atom. The van der Waals surface area contributed by atoms with Crippen molar-refractivity contribution in [2.45, 2.75) is 19.1 Å². The molecule has 57 valence electrons. The summed E-state index contributed by atoms with van der Waals surface area (Å²) >= 11 is 0. The molecule has 0 N–H and O–H groups in total. The molecule has 0 saturated heterocycles. The van der Waals surface area contributed by atoms with Crippen molar-refractivity contribution in [2.24, 2.45) is 5.92 Å². The van der Waals surface area contributed by atoms with Crippen LogP contribution in [0.4, 0.5) is 0 Å². The molecule has 0 heterocycles. The van der Waals surface area contributed by atoms with Gasteiger partial charge in [-0.3, -0.25) is 0 Å². The van der Waals surface area contributed by atoms with Gasteiger partial charge in [0.25, 0.3) is 10.1 Å². The molecule has 0 amide bonds. The van der Waals surface area contributed by atoms with Gasteiger partial charge in [-0.1, -0.05) is 11.5 Å². The van der Waals surface area contributed by atoms with E-state index in [1.54, 1.807) is 0 Å². The van der Waals surface area contributed by atoms with Gasteiger partial charge in [0.2, 0.25) is 0 Å². The van der Waals surface area contributed by atoms with Crippen LogP contribution in [0.3, 0.4) is 0 Å². The number of hydrogen-bond acceptors (Lipinski definition) is 2. The first-order valence-corrected chi connectivity index (χ1v) is 4.27. The van der Waals surface area contributed by atoms with Crippen LogP contribution < -0.4 is 0 Å². The smallest absolute Gasteiger partial charge is 0.197 e. The monoisotopic (exact) mass is 161 g/mol. The minimum atomic E-state index is -4.21. The highest BCUT2D eigenvalue weighted by molar-refractivity contribution is 7.86. The van der Waals surface area contributed by atoms with Crippen molar-refractivity contribution in [1.82, 2.24) is 0 Å². The first-order valence-electron chi connectivity index (χ1n) is 2.80. The lowest BCUT2D eigenvalue weighted by Crippen LogP contribution is -2.22. The van der Waals surface area contributed by atoms with Crippen LogP contribution in [-0.2, 0) is 14.7 Å². The van der Waals surface area contributed by atoms with Crippen molar-refractivity contribution >= 4 is 10.1 Å². The average molecular weight is 161 g/mol. The van der Waals surface area contributed by atoms with Crippen molar-refractivity contribution in [3.05, 3.63) is 0 Å². The third-order valence-corrected chi connectivity index (χ3v) is 2.74. The van der Waals surface area contributed by atoms with E-state index in [2.05, 4.69) is 5.92 Å². The van der Waals surface area contributed by atoms with Gasteiger partial charge < -0.3 is 0 Å². The summed E-state index contributed by atoms with van der Waals surface area (Å²) in [7, 11) is -4.21. The number of terminal acetylenes is 1. The van der Waals surface area contributed by atoms with Crippen molar-refractivity contribution in [2.75, 3.05) is 0 Å². The van der Waals surface area contributed by atoms with Crippen molar-refractivity contribution in [3.63, 3.8) is 0 Å². The zero-order chi connectivity index (χ0) is 8.36. The van der Waals surface area contributed by atoms with E-state index < -0.39 is 21.3 Å². The molecule has 0 spiro atoms. The molecule has 0 aromatic carbocycles. The van der Waals surface area contributed by atoms with E-state index in [9.17, 15) is 13.0 Å². The third kappa shape index (κ3) is 2.38. The molecular formula is C6H9O3S. The second kappa shape index (κ2) is 3.04. The summed E-state index contributed by atoms with van der Waals surface area (Å²) in [5.74, 6) is 1.68. The largest absolute Gasteiger partial charge is 0.298 e. The summed E-state index contributed by atoms with van der Waals surface area (Å²) in [5.41, 5.74) is 0. The molecule has 3 nitrogen and oxygen atoms in total. The lowest BCUT2D eigenvalue weighted by molar-refractivity contribution is 0.396. The number of rotatable bonds is 2. The highest BCUT2D eigenvalue weighted by Gasteiger charge is 2.23. The summed E-state index contributed by atoms with van der Waals surface area (Å²) in [6.07, 6.45) is 4.92. The summed E-state index contributed by atoms with van der Waals surface area (Å²) in [6, 6.07) is 0. The Morgan fingerprint density at radius 2 is 1.80 bits per heavy atom. The van der Waals surface area contributed by atoms with E-state index in [4.69, 9.17) is 6.42 Å². The van der Waals surface area contributed by atoms with Gasteiger partial charge in [0.15, 0.2) is 0 Å². The Hall–Kier alpha value is -0.530. The molecule has 2 unspecified atom stereocenters. The lowest BCUT2D eigenvalue weighted by atomic mass is 10.1. The minimum Gasteiger partial charge on any atom is -0.197 e. The molecule has 4 heteroatoms. The fourth-order valence-corrected chi connectivity index (χ4v) is 0.964. The summed E-state index contributed by atoms with van der Waals surface area (Å²) in [5, 5.41) is -0.988. The van der Waals surface area contributed by atoms with E-state index in [0.717, 1.165) is 0 Å². The van der Waals surface area contributed by atoms with Crippen LogP contribution in [0.2, 0.25) is 0 Å². The molecule has 0 aromatic rings. The van der Waals surface area contributed by atoms with Crippen molar-refractivity contribution in [3.8, 4) is 12.3 Å². The molecule has 0 aliphatic rings. The highest BCUT2D eigenvalue weighted by Crippen LogP contribution is 2.09. The topological polar surface area (TPSA) is 54.0 Å². The Morgan fingerprint density at radius 3 is 1.90 bits per heavy atom. The van der Waals surface area contributed by atoms with Gasteiger partial charge in [0.1, 0.15) is 0 Å². The fraction of sp³-hybridized carbons (Fsp3) is 0.667. The predicted molar refractivity (Wildman–Crippen MR) is 37.1 cm³/mol. The maximum absolute atomic E-state index is 10.3. The molecule has 0 saturated carbocycles. The Balaban J connectivity index is 4.42. The Labute approximate surface area is 61.2 Å². The van der Waals surface area contributed by atoms with Crippen LogP contribution in [0.15, 0.2) is 0 Å². The Kier molecular flexibility index (Phi) is 2.88. The van der Waals surface area contributed by atoms with Crippen LogP contribution >= 0.6 is 0 Å². The normalized spacial score (nSPS) is 17.4. The molecule has 0 aliphatic carbocycles. The molecule has 2 atom stereocenters. The molecule has 0 rings (SSSR count). The van der Waals surface area contributed by atoms with Gasteiger partial charge in [0.05, 0.1) is 5.25 Å². The maximum atomic E-state index is 10.3. The van der Waals surface area contributed by atoms with Gasteiger partial charge in [-0.05, 0) is 6.92 Å². The van der Waals surface area contributed by atoms with Gasteiger partial charge in [-0.25, -0.2) is 0 Å². The van der Waals surface area contributed by atoms with E-state index >= 15 is 0 Å². The van der Waals surface area contributed by atoms with E-state index in [1.165, 1.54) is 13.8 Å². The van der Waals surface area contributed by atoms with Crippen LogP contribution in [0.25, 0.3) is 0 Å². The quantitative estimate of drug-likeness (QED) is 0.550. The lowest BCUT2D eigenvalue weighted by Gasteiger charge is -2.08. The predicted octanol–water partition coefficient (Wildman–Crippen LogP) is 0.405. The van der Waals surface area contributed by atoms with E-state index in [0.29, 0.717) is 0 Å². The third-order valence-electron chi connectivity index (χ3n) is 1.42. The van der Waals surface area contributed by atoms with Crippen molar-refractivity contribution in [1.29, 1.82) is 0 Å². The Bertz CT molecular complexity index is 234. The SMILES string of the molecule is C#CC(C)C(C)S([O])(=O)=O. The molecule has 1 radical (unpaired) electrons. The summed E-state index contributed by atoms with van der Waals surface area (Å²) in [4.78, 5) is 0. The highest BCUT2D eigenvalue weighted by atomic mass is 32.2. The zero-order valence-corrected chi connectivity index (χ0v) is 6.68. The summed E-state index contributed by atoms with van der Waals surface area (Å²) in [6.45, 7) is 2.84. The molecule has 10 heavy (non-hydrogen) atoms. The molecule has 0 fully saturated rings. The average Bonchev–Trinajstić information content (AvgIpc) is 1.83. The standard InChI is InChI=1S/C6H9O3S/c1-4-5(2)6(3)10(7,8)9/h1,5-6H,2-3H3. The van der Waals surface area contributed by atoms with Gasteiger partial charge in [-0.15, -0.1) is 12.3 Å². The van der Waals surface area contributed by atoms with Crippen molar-refractivity contribution < 1.29 is 13.0 Å². The van der Waals surface area contributed by atoms with E-state index in [1.807, 2.05) is 0 Å². The minimum absolute atomic E-state index is 0.512. The van der Waals surface area contributed by atoms with Crippen LogP contribution in [0.1, 0.15) is 13.8 Å². The van der Waals surface area contributed by atoms with Crippen LogP contribution in [-0.4, -0.2) is 13.7 Å². The second-order valence-electron chi connectivity index (χ2n) is 2.15. The molecule has 0 bridgehead atoms. The van der Waals surface area contributed by atoms with Crippen LogP contribution in [0, 0.1) is 18.3 Å². The van der Waals surface area contributed by atoms with Crippen LogP contribution in [0.5, 0.6) is 0 Å². The fourth-order valence-electron chi connectivity index (χ4n) is 0.386. The number of hydrogen-bond donors (Lipinski definition) is 0. The molecule has 0 aromatic heterocycles. The molecular weight excluding hydrogens is 152 g/mol. The first-order chi connectivity index (χ1) is 4.39. The van der Waals surface area contributed by atoms with Gasteiger partial charge in [0, 0.05) is 5.92 Å². The van der Waals surface area contributed by atoms with Gasteiger partial charge >= 0.3 is 0 Å². The zero-order valence-electron chi connectivity index (χ0n) is 5.87. The molecule has 0 aliphatic heterocycles. The van der Waals surface area contributed by atoms with Gasteiger partial charge in [-0.2, -0.15) is 8.42 Å². The first kappa shape index (κ1) is 9.47. The summed E-state index contributed by atoms with van der Waals surface area (Å²) < 4.78 is 30.8. The van der Waals surface area contributed by atoms with E-state index in [-0.39, 0.29) is 0 Å².